The molecule has 0 saturated heterocycles. The fourth-order valence-electron chi connectivity index (χ4n) is 1.75. The summed E-state index contributed by atoms with van der Waals surface area (Å²) in [6.45, 7) is 6.74. The Balaban J connectivity index is 2.55. The summed E-state index contributed by atoms with van der Waals surface area (Å²) < 4.78 is 5.55. The van der Waals surface area contributed by atoms with Gasteiger partial charge in [-0.05, 0) is 26.3 Å². The maximum Gasteiger partial charge on any atom is 0.257 e. The molecule has 0 spiro atoms. The molecule has 0 aliphatic rings. The van der Waals surface area contributed by atoms with E-state index in [1.54, 1.807) is 0 Å². The number of amides is 1. The summed E-state index contributed by atoms with van der Waals surface area (Å²) in [6, 6.07) is 5.71. The highest BCUT2D eigenvalue weighted by atomic mass is 16.5. The van der Waals surface area contributed by atoms with E-state index in [4.69, 9.17) is 10.5 Å². The first-order chi connectivity index (χ1) is 9.04. The van der Waals surface area contributed by atoms with E-state index in [9.17, 15) is 4.79 Å². The van der Waals surface area contributed by atoms with Crippen LogP contribution in [-0.4, -0.2) is 19.1 Å². The molecule has 19 heavy (non-hydrogen) atoms. The van der Waals surface area contributed by atoms with Crippen molar-refractivity contribution in [2.75, 3.05) is 13.2 Å². The summed E-state index contributed by atoms with van der Waals surface area (Å²) >= 11 is 0. The molecular weight excluding hydrogens is 240 g/mol. The Bertz CT molecular complexity index is 417. The van der Waals surface area contributed by atoms with Gasteiger partial charge in [-0.1, -0.05) is 31.0 Å². The number of carbonyl (C=O) groups excluding carboxylic acids is 1. The van der Waals surface area contributed by atoms with Gasteiger partial charge in [-0.3, -0.25) is 4.79 Å². The molecule has 0 radical (unpaired) electrons. The second kappa shape index (κ2) is 7.79. The molecule has 0 aliphatic carbocycles. The number of hydrogen-bond acceptors (Lipinski definition) is 3. The molecule has 1 aromatic rings. The van der Waals surface area contributed by atoms with Crippen molar-refractivity contribution in [1.82, 2.24) is 5.32 Å². The fraction of sp³-hybridized carbons (Fsp3) is 0.533. The van der Waals surface area contributed by atoms with Crippen molar-refractivity contribution in [3.8, 4) is 5.75 Å². The molecule has 0 aromatic heterocycles. The van der Waals surface area contributed by atoms with Gasteiger partial charge in [0.05, 0.1) is 0 Å². The van der Waals surface area contributed by atoms with E-state index >= 15 is 0 Å². The second-order valence-electron chi connectivity index (χ2n) is 4.82. The van der Waals surface area contributed by atoms with Gasteiger partial charge in [-0.15, -0.1) is 0 Å². The highest BCUT2D eigenvalue weighted by Gasteiger charge is 2.10. The normalized spacial score (nSPS) is 12.0. The molecule has 106 valence electrons. The van der Waals surface area contributed by atoms with Crippen LogP contribution in [0, 0.1) is 6.92 Å². The quantitative estimate of drug-likeness (QED) is 0.743. The standard InChI is InChI=1S/C15H24N2O2/c1-4-5-8-17-15(18)10-19-14-7-6-11(2)9-13(14)12(3)16/h6-7,9,12H,4-5,8,10,16H2,1-3H3,(H,17,18)/t12-/m0/s1. The van der Waals surface area contributed by atoms with Gasteiger partial charge in [0.15, 0.2) is 6.61 Å². The summed E-state index contributed by atoms with van der Waals surface area (Å²) in [6.07, 6.45) is 2.05. The predicted molar refractivity (Wildman–Crippen MR) is 77.2 cm³/mol. The lowest BCUT2D eigenvalue weighted by Gasteiger charge is -2.14. The van der Waals surface area contributed by atoms with Crippen molar-refractivity contribution in [2.24, 2.45) is 5.73 Å². The summed E-state index contributed by atoms with van der Waals surface area (Å²) in [5, 5.41) is 2.82. The average molecular weight is 264 g/mol. The molecule has 0 bridgehead atoms. The molecule has 4 heteroatoms. The number of rotatable bonds is 7. The van der Waals surface area contributed by atoms with Gasteiger partial charge in [0.1, 0.15) is 5.75 Å². The number of ether oxygens (including phenoxy) is 1. The molecule has 0 unspecified atom stereocenters. The number of carbonyl (C=O) groups is 1. The Hall–Kier alpha value is -1.55. The summed E-state index contributed by atoms with van der Waals surface area (Å²) in [7, 11) is 0. The first-order valence-corrected chi connectivity index (χ1v) is 6.80. The molecule has 0 aliphatic heterocycles. The molecule has 3 N–H and O–H groups in total. The van der Waals surface area contributed by atoms with Crippen LogP contribution in [0.5, 0.6) is 5.75 Å². The van der Waals surface area contributed by atoms with E-state index in [0.29, 0.717) is 12.3 Å². The van der Waals surface area contributed by atoms with Crippen LogP contribution in [-0.2, 0) is 4.79 Å². The Labute approximate surface area is 115 Å². The van der Waals surface area contributed by atoms with Crippen LogP contribution in [0.3, 0.4) is 0 Å². The third-order valence-electron chi connectivity index (χ3n) is 2.87. The van der Waals surface area contributed by atoms with Gasteiger partial charge >= 0.3 is 0 Å². The molecule has 0 heterocycles. The van der Waals surface area contributed by atoms with E-state index < -0.39 is 0 Å². The van der Waals surface area contributed by atoms with Gasteiger partial charge in [0, 0.05) is 18.2 Å². The Morgan fingerprint density at radius 1 is 1.47 bits per heavy atom. The molecule has 0 fully saturated rings. The zero-order valence-corrected chi connectivity index (χ0v) is 12.0. The van der Waals surface area contributed by atoms with Crippen molar-refractivity contribution in [2.45, 2.75) is 39.7 Å². The molecule has 0 saturated carbocycles. The topological polar surface area (TPSA) is 64.3 Å². The monoisotopic (exact) mass is 264 g/mol. The van der Waals surface area contributed by atoms with E-state index in [1.165, 1.54) is 0 Å². The summed E-state index contributed by atoms with van der Waals surface area (Å²) in [5.41, 5.74) is 7.97. The smallest absolute Gasteiger partial charge is 0.257 e. The highest BCUT2D eigenvalue weighted by Crippen LogP contribution is 2.24. The number of hydrogen-bond donors (Lipinski definition) is 2. The van der Waals surface area contributed by atoms with Crippen LogP contribution in [0.15, 0.2) is 18.2 Å². The van der Waals surface area contributed by atoms with Crippen molar-refractivity contribution in [3.63, 3.8) is 0 Å². The number of unbranched alkanes of at least 4 members (excludes halogenated alkanes) is 1. The Kier molecular flexibility index (Phi) is 6.36. The third-order valence-corrected chi connectivity index (χ3v) is 2.87. The van der Waals surface area contributed by atoms with Crippen LogP contribution < -0.4 is 15.8 Å². The van der Waals surface area contributed by atoms with Crippen LogP contribution in [0.25, 0.3) is 0 Å². The van der Waals surface area contributed by atoms with E-state index in [-0.39, 0.29) is 18.6 Å². The van der Waals surface area contributed by atoms with Crippen LogP contribution in [0.4, 0.5) is 0 Å². The average Bonchev–Trinajstić information content (AvgIpc) is 2.37. The second-order valence-corrected chi connectivity index (χ2v) is 4.82. The molecule has 1 amide bonds. The molecule has 1 atom stereocenters. The van der Waals surface area contributed by atoms with Crippen molar-refractivity contribution < 1.29 is 9.53 Å². The lowest BCUT2D eigenvalue weighted by Crippen LogP contribution is -2.29. The highest BCUT2D eigenvalue weighted by molar-refractivity contribution is 5.77. The minimum atomic E-state index is -0.113. The lowest BCUT2D eigenvalue weighted by atomic mass is 10.1. The molecule has 4 nitrogen and oxygen atoms in total. The minimum Gasteiger partial charge on any atom is -0.483 e. The van der Waals surface area contributed by atoms with Gasteiger partial charge in [0.25, 0.3) is 5.91 Å². The Morgan fingerprint density at radius 3 is 2.84 bits per heavy atom. The fourth-order valence-corrected chi connectivity index (χ4v) is 1.75. The van der Waals surface area contributed by atoms with Gasteiger partial charge in [0.2, 0.25) is 0 Å². The minimum absolute atomic E-state index is 0.0342. The maximum absolute atomic E-state index is 11.6. The van der Waals surface area contributed by atoms with Crippen molar-refractivity contribution >= 4 is 5.91 Å². The van der Waals surface area contributed by atoms with Crippen molar-refractivity contribution in [3.05, 3.63) is 29.3 Å². The maximum atomic E-state index is 11.6. The number of nitrogens with two attached hydrogens (primary N) is 1. The van der Waals surface area contributed by atoms with Gasteiger partial charge in [-0.2, -0.15) is 0 Å². The van der Waals surface area contributed by atoms with Crippen LogP contribution >= 0.6 is 0 Å². The zero-order chi connectivity index (χ0) is 14.3. The SMILES string of the molecule is CCCCNC(=O)COc1ccc(C)cc1[C@H](C)N. The zero-order valence-electron chi connectivity index (χ0n) is 12.0. The number of nitrogens with one attached hydrogen (secondary N) is 1. The van der Waals surface area contributed by atoms with E-state index in [0.717, 1.165) is 24.0 Å². The summed E-state index contributed by atoms with van der Waals surface area (Å²) in [4.78, 5) is 11.6. The van der Waals surface area contributed by atoms with E-state index in [2.05, 4.69) is 12.2 Å². The predicted octanol–water partition coefficient (Wildman–Crippen LogP) is 2.31. The summed E-state index contributed by atoms with van der Waals surface area (Å²) in [5.74, 6) is 0.593. The van der Waals surface area contributed by atoms with E-state index in [1.807, 2.05) is 32.0 Å². The van der Waals surface area contributed by atoms with Gasteiger partial charge in [-0.25, -0.2) is 0 Å². The molecular formula is C15H24N2O2. The van der Waals surface area contributed by atoms with Crippen molar-refractivity contribution in [1.29, 1.82) is 0 Å². The third kappa shape index (κ3) is 5.30. The van der Waals surface area contributed by atoms with Crippen LogP contribution in [0.1, 0.15) is 43.9 Å². The lowest BCUT2D eigenvalue weighted by molar-refractivity contribution is -0.123. The van der Waals surface area contributed by atoms with Gasteiger partial charge < -0.3 is 15.8 Å². The number of aryl methyl sites for hydroxylation is 1. The molecule has 1 rings (SSSR count). The van der Waals surface area contributed by atoms with Crippen LogP contribution in [0.2, 0.25) is 0 Å². The first-order valence-electron chi connectivity index (χ1n) is 6.80. The largest absolute Gasteiger partial charge is 0.483 e. The number of benzene rings is 1. The molecule has 1 aromatic carbocycles. The first kappa shape index (κ1) is 15.5. The Morgan fingerprint density at radius 2 is 2.21 bits per heavy atom.